The Hall–Kier alpha value is -3.55. The summed E-state index contributed by atoms with van der Waals surface area (Å²) in [6.07, 6.45) is 0. The molecule has 91 heavy (non-hydrogen) atoms. The van der Waals surface area contributed by atoms with E-state index >= 15 is 0 Å². The molecule has 9 N–H and O–H groups in total. The summed E-state index contributed by atoms with van der Waals surface area (Å²) in [6, 6.07) is 33.8. The highest BCUT2D eigenvalue weighted by Crippen LogP contribution is 2.48. The molecule has 0 aliphatic carbocycles. The highest BCUT2D eigenvalue weighted by molar-refractivity contribution is 9.14. The lowest BCUT2D eigenvalue weighted by Crippen LogP contribution is -1.85. The summed E-state index contributed by atoms with van der Waals surface area (Å²) in [4.78, 5) is 15.9. The van der Waals surface area contributed by atoms with Crippen molar-refractivity contribution in [2.24, 2.45) is 0 Å². The normalized spacial score (nSPS) is 11.4. The molecule has 10 aromatic carbocycles. The van der Waals surface area contributed by atoms with Crippen LogP contribution in [0.4, 0.5) is 13.2 Å². The summed E-state index contributed by atoms with van der Waals surface area (Å²) in [7, 11) is 1.69. The smallest absolute Gasteiger partial charge is 0.169 e. The highest BCUT2D eigenvalue weighted by atomic mass is 79.9. The fourth-order valence-electron chi connectivity index (χ4n) is 10.3. The Morgan fingerprint density at radius 2 is 0.857 bits per heavy atom. The number of hydrogen-bond acceptors (Lipinski definition) is 5. The molecule has 0 radical (unpaired) electrons. The molecule has 0 spiro atoms. The number of phenolic OH excluding ortho intramolecular Hbond substituents is 4. The van der Waals surface area contributed by atoms with Gasteiger partial charge in [0.2, 0.25) is 0 Å². The molecular formula is C64H34Br14F3N5O5. The van der Waals surface area contributed by atoms with Gasteiger partial charge in [0.1, 0.15) is 34.6 Å². The van der Waals surface area contributed by atoms with Gasteiger partial charge >= 0.3 is 0 Å². The van der Waals surface area contributed by atoms with Gasteiger partial charge in [-0.2, -0.15) is 0 Å². The second-order valence-corrected chi connectivity index (χ2v) is 32.0. The molecule has 5 aromatic heterocycles. The van der Waals surface area contributed by atoms with Crippen LogP contribution in [0.15, 0.2) is 178 Å². The van der Waals surface area contributed by atoms with Crippen LogP contribution in [0.3, 0.4) is 0 Å². The summed E-state index contributed by atoms with van der Waals surface area (Å²) in [5.41, 5.74) is 9.82. The molecule has 0 saturated heterocycles. The average Bonchev–Trinajstić information content (AvgIpc) is 1.67. The number of aryl methyl sites for hydroxylation is 1. The Balaban J connectivity index is 0.000000117. The van der Waals surface area contributed by atoms with Gasteiger partial charge in [0, 0.05) is 130 Å². The third kappa shape index (κ3) is 13.5. The molecule has 0 saturated carbocycles. The van der Waals surface area contributed by atoms with Gasteiger partial charge in [-0.3, -0.25) is 0 Å². The quantitative estimate of drug-likeness (QED) is 0.0838. The van der Waals surface area contributed by atoms with Crippen molar-refractivity contribution in [1.29, 1.82) is 0 Å². The maximum atomic E-state index is 13.6. The standard InChI is InChI=1S/C14H6Br5NO.C14H11Br2NO.C12H5Br4NO.C12H6Br3NO.C12H6F3NO/c15-5-1-7(14(21)10(18)2-5)13-12(19)6-3-8(16)9(17)4-11(6)20-13;1-7-3-4-10-8(5-7)12-13(16)9(15)6-11(18-2)14(12)17-10;13-4-1-5-9-10(16)6(14)3-8(18)12(9)17-11(5)7(15)2-4;2*13-5-1-2-8-6(3-5)10-11(15)7(14)4-9(17)12(10)16-8/h1-4,20-21H;3-6,17H,1-2H3;1-3,17-18H;2*1-4,16-17H. The van der Waals surface area contributed by atoms with Crippen molar-refractivity contribution in [3.8, 4) is 40.0 Å². The molecule has 15 rings (SSSR count). The van der Waals surface area contributed by atoms with Crippen molar-refractivity contribution in [2.45, 2.75) is 6.92 Å². The summed E-state index contributed by atoms with van der Waals surface area (Å²) in [5.74, 6) is -1.73. The second-order valence-electron chi connectivity index (χ2n) is 20.1. The monoisotopic (exact) mass is 2110 g/mol. The number of ether oxygens (including phenoxy) is 1. The van der Waals surface area contributed by atoms with E-state index in [9.17, 15) is 33.6 Å². The molecule has 0 atom stereocenters. The molecule has 464 valence electrons. The van der Waals surface area contributed by atoms with E-state index in [0.717, 1.165) is 147 Å². The summed E-state index contributed by atoms with van der Waals surface area (Å²) in [6.45, 7) is 2.10. The number of halogens is 17. The SMILES string of the molecule is COc1cc(Br)c(Br)c2c1[nH]c1ccc(C)cc12.Oc1c(Br)cc(Br)cc1-c1[nH]c2cc(Br)c(Br)cc2c1Br.Oc1cc(Br)c(Br)c2c1[nH]c1c(Br)cc(Br)cc12.Oc1cc(Br)c(Br)c2c1[nH]c1ccc(Br)cc12.Oc1cc(F)c(F)c2c1[nH]c1ccc(F)cc12. The van der Waals surface area contributed by atoms with E-state index in [0.29, 0.717) is 21.6 Å². The summed E-state index contributed by atoms with van der Waals surface area (Å²) >= 11 is 49.1. The number of aromatic amines is 5. The maximum absolute atomic E-state index is 13.6. The number of benzene rings is 10. The van der Waals surface area contributed by atoms with Crippen LogP contribution in [0.25, 0.3) is 109 Å². The van der Waals surface area contributed by atoms with Crippen LogP contribution in [-0.4, -0.2) is 52.5 Å². The van der Waals surface area contributed by atoms with E-state index in [1.165, 1.54) is 23.1 Å². The van der Waals surface area contributed by atoms with Crippen LogP contribution in [0.2, 0.25) is 0 Å². The molecule has 10 nitrogen and oxygen atoms in total. The molecule has 0 bridgehead atoms. The van der Waals surface area contributed by atoms with E-state index in [-0.39, 0.29) is 33.5 Å². The van der Waals surface area contributed by atoms with Crippen LogP contribution in [0.5, 0.6) is 28.7 Å². The number of H-pyrrole nitrogens is 5. The fraction of sp³-hybridized carbons (Fsp3) is 0.0312. The van der Waals surface area contributed by atoms with E-state index in [1.54, 1.807) is 19.2 Å². The van der Waals surface area contributed by atoms with Crippen LogP contribution < -0.4 is 4.74 Å². The predicted octanol–water partition coefficient (Wildman–Crippen LogP) is 27.4. The van der Waals surface area contributed by atoms with Crippen molar-refractivity contribution in [3.63, 3.8) is 0 Å². The lowest BCUT2D eigenvalue weighted by molar-refractivity contribution is 0.418. The van der Waals surface area contributed by atoms with Gasteiger partial charge in [0.05, 0.1) is 54.7 Å². The molecule has 5 heterocycles. The molecular weight excluding hydrogens is 2090 g/mol. The number of aromatic hydroxyl groups is 4. The van der Waals surface area contributed by atoms with Crippen LogP contribution in [0, 0.1) is 24.4 Å². The number of nitrogens with one attached hydrogen (secondary N) is 5. The predicted molar refractivity (Wildman–Crippen MR) is 413 cm³/mol. The van der Waals surface area contributed by atoms with E-state index < -0.39 is 23.2 Å². The number of aromatic nitrogens is 5. The molecule has 0 aliphatic rings. The number of methoxy groups -OCH3 is 1. The Morgan fingerprint density at radius 1 is 0.363 bits per heavy atom. The minimum atomic E-state index is -1.17. The topological polar surface area (TPSA) is 169 Å². The van der Waals surface area contributed by atoms with Gasteiger partial charge in [-0.15, -0.1) is 0 Å². The van der Waals surface area contributed by atoms with Crippen molar-refractivity contribution in [1.82, 2.24) is 24.9 Å². The molecule has 0 amide bonds. The minimum Gasteiger partial charge on any atom is -0.506 e. The molecule has 0 unspecified atom stereocenters. The van der Waals surface area contributed by atoms with Crippen molar-refractivity contribution < 1.29 is 38.3 Å². The summed E-state index contributed by atoms with van der Waals surface area (Å²) in [5, 5.41) is 47.3. The van der Waals surface area contributed by atoms with Crippen LogP contribution in [-0.2, 0) is 0 Å². The van der Waals surface area contributed by atoms with Crippen molar-refractivity contribution in [3.05, 3.63) is 201 Å². The zero-order chi connectivity index (χ0) is 65.5. The van der Waals surface area contributed by atoms with Crippen molar-refractivity contribution >= 4 is 321 Å². The number of fused-ring (bicyclic) bond motifs is 13. The Bertz CT molecular complexity index is 5370. The highest BCUT2D eigenvalue weighted by Gasteiger charge is 2.22. The van der Waals surface area contributed by atoms with Gasteiger partial charge in [-0.05, 0) is 285 Å². The largest absolute Gasteiger partial charge is 0.506 e. The van der Waals surface area contributed by atoms with Gasteiger partial charge in [0.15, 0.2) is 11.6 Å². The Kier molecular flexibility index (Phi) is 21.1. The number of rotatable bonds is 2. The molecule has 0 fully saturated rings. The number of phenols is 4. The lowest BCUT2D eigenvalue weighted by Gasteiger charge is -2.06. The first-order chi connectivity index (χ1) is 43.1. The molecule has 0 aliphatic heterocycles. The first kappa shape index (κ1) is 68.8. The van der Waals surface area contributed by atoms with Gasteiger partial charge in [-0.1, -0.05) is 59.4 Å². The van der Waals surface area contributed by atoms with E-state index in [2.05, 4.69) is 273 Å². The zero-order valence-electron chi connectivity index (χ0n) is 45.6. The van der Waals surface area contributed by atoms with Gasteiger partial charge < -0.3 is 50.1 Å². The third-order valence-corrected chi connectivity index (χ3v) is 25.6. The fourth-order valence-corrected chi connectivity index (χ4v) is 17.3. The van der Waals surface area contributed by atoms with Crippen LogP contribution >= 0.6 is 223 Å². The average molecular weight is 2130 g/mol. The first-order valence-electron chi connectivity index (χ1n) is 26.0. The molecule has 27 heteroatoms. The minimum absolute atomic E-state index is 0.0597. The zero-order valence-corrected chi connectivity index (χ0v) is 67.8. The number of hydrogen-bond donors (Lipinski definition) is 9. The maximum Gasteiger partial charge on any atom is 0.169 e. The second kappa shape index (κ2) is 27.9. The van der Waals surface area contributed by atoms with Crippen LogP contribution in [0.1, 0.15) is 5.56 Å². The van der Waals surface area contributed by atoms with Crippen molar-refractivity contribution in [2.75, 3.05) is 7.11 Å². The van der Waals surface area contributed by atoms with Gasteiger partial charge in [-0.25, -0.2) is 13.2 Å². The van der Waals surface area contributed by atoms with Gasteiger partial charge in [0.25, 0.3) is 0 Å². The third-order valence-electron chi connectivity index (χ3n) is 14.4. The first-order valence-corrected chi connectivity index (χ1v) is 37.1. The lowest BCUT2D eigenvalue weighted by atomic mass is 10.1. The van der Waals surface area contributed by atoms with E-state index in [4.69, 9.17) is 4.74 Å². The molecule has 15 aromatic rings. The Morgan fingerprint density at radius 3 is 1.51 bits per heavy atom. The Labute approximate surface area is 631 Å². The summed E-state index contributed by atoms with van der Waals surface area (Å²) < 4.78 is 58.2. The van der Waals surface area contributed by atoms with E-state index in [1.807, 2.05) is 60.7 Å².